The molecule has 3 heterocycles. The van der Waals surface area contributed by atoms with Crippen molar-refractivity contribution in [2.45, 2.75) is 44.3 Å². The van der Waals surface area contributed by atoms with Crippen molar-refractivity contribution in [1.29, 1.82) is 0 Å². The number of amides is 1. The number of rotatable bonds is 5. The van der Waals surface area contributed by atoms with Crippen LogP contribution in [0, 0.1) is 0 Å². The smallest absolute Gasteiger partial charge is 0.489 e. The molecule has 35 heavy (non-hydrogen) atoms. The highest BCUT2D eigenvalue weighted by atomic mass is 79.9. The summed E-state index contributed by atoms with van der Waals surface area (Å²) in [6, 6.07) is 5.87. The molecule has 1 amide bonds. The minimum atomic E-state index is -5.40. The second-order valence-electron chi connectivity index (χ2n) is 9.14. The van der Waals surface area contributed by atoms with Gasteiger partial charge in [-0.2, -0.15) is 17.5 Å². The van der Waals surface area contributed by atoms with Crippen LogP contribution in [0.15, 0.2) is 22.7 Å². The maximum absolute atomic E-state index is 13.0. The number of alkyl halides is 3. The topological polar surface area (TPSA) is 85.9 Å². The van der Waals surface area contributed by atoms with E-state index in [0.717, 1.165) is 35.8 Å². The standard InChI is InChI=1S/C22H28BrF3N4O4S/c1-14(2)28-5-3-16(4-6-28)34-20-12-15-11-19(27-18(15)13-17(20)23)21(31)29-7-9-30(10-8-29)35(32,33)22(24,25)26/h11-14,16,27H,3-10H2,1-2H3. The second kappa shape index (κ2) is 9.91. The summed E-state index contributed by atoms with van der Waals surface area (Å²) in [4.78, 5) is 19.8. The van der Waals surface area contributed by atoms with Crippen molar-refractivity contribution >= 4 is 42.8 Å². The molecule has 4 rings (SSSR count). The van der Waals surface area contributed by atoms with Crippen molar-refractivity contribution in [3.8, 4) is 5.75 Å². The number of aromatic amines is 1. The highest BCUT2D eigenvalue weighted by Gasteiger charge is 2.50. The summed E-state index contributed by atoms with van der Waals surface area (Å²) < 4.78 is 68.9. The number of aromatic nitrogens is 1. The quantitative estimate of drug-likeness (QED) is 0.581. The average Bonchev–Trinajstić information content (AvgIpc) is 3.21. The highest BCUT2D eigenvalue weighted by molar-refractivity contribution is 9.10. The zero-order valence-corrected chi connectivity index (χ0v) is 21.8. The Hall–Kier alpha value is -1.83. The lowest BCUT2D eigenvalue weighted by molar-refractivity contribution is -0.0497. The number of hydrogen-bond acceptors (Lipinski definition) is 5. The number of nitrogens with one attached hydrogen (secondary N) is 1. The molecule has 2 aliphatic rings. The van der Waals surface area contributed by atoms with Crippen molar-refractivity contribution in [3.63, 3.8) is 0 Å². The molecule has 8 nitrogen and oxygen atoms in total. The summed E-state index contributed by atoms with van der Waals surface area (Å²) >= 11 is 3.54. The van der Waals surface area contributed by atoms with Crippen LogP contribution >= 0.6 is 15.9 Å². The van der Waals surface area contributed by atoms with E-state index in [1.54, 1.807) is 6.07 Å². The van der Waals surface area contributed by atoms with Gasteiger partial charge in [-0.25, -0.2) is 8.42 Å². The van der Waals surface area contributed by atoms with Crippen LogP contribution in [0.2, 0.25) is 0 Å². The Balaban J connectivity index is 1.42. The number of piperazine rings is 1. The molecule has 194 valence electrons. The van der Waals surface area contributed by atoms with E-state index in [1.165, 1.54) is 4.90 Å². The van der Waals surface area contributed by atoms with Gasteiger partial charge in [-0.1, -0.05) is 0 Å². The molecule has 1 aromatic heterocycles. The van der Waals surface area contributed by atoms with Crippen LogP contribution in [0.25, 0.3) is 10.9 Å². The van der Waals surface area contributed by atoms with Crippen LogP contribution < -0.4 is 4.74 Å². The number of halogens is 4. The number of sulfonamides is 1. The van der Waals surface area contributed by atoms with E-state index in [0.29, 0.717) is 21.6 Å². The van der Waals surface area contributed by atoms with Crippen LogP contribution in [0.3, 0.4) is 0 Å². The first-order valence-electron chi connectivity index (χ1n) is 11.5. The monoisotopic (exact) mass is 580 g/mol. The number of piperidine rings is 1. The molecule has 0 saturated carbocycles. The van der Waals surface area contributed by atoms with Gasteiger partial charge in [0.2, 0.25) is 0 Å². The summed E-state index contributed by atoms with van der Waals surface area (Å²) in [5.74, 6) is 0.286. The van der Waals surface area contributed by atoms with E-state index >= 15 is 0 Å². The van der Waals surface area contributed by atoms with Crippen molar-refractivity contribution in [3.05, 3.63) is 28.4 Å². The lowest BCUT2D eigenvalue weighted by Crippen LogP contribution is -2.53. The Morgan fingerprint density at radius 2 is 1.71 bits per heavy atom. The van der Waals surface area contributed by atoms with Crippen molar-refractivity contribution in [2.24, 2.45) is 0 Å². The fourth-order valence-electron chi connectivity index (χ4n) is 4.48. The normalized spacial score (nSPS) is 19.6. The molecule has 0 atom stereocenters. The fraction of sp³-hybridized carbons (Fsp3) is 0.591. The Bertz CT molecular complexity index is 1190. The summed E-state index contributed by atoms with van der Waals surface area (Å²) in [7, 11) is -5.40. The molecule has 2 aliphatic heterocycles. The fourth-order valence-corrected chi connectivity index (χ4v) is 5.85. The SMILES string of the molecule is CC(C)N1CCC(Oc2cc3cc(C(=O)N4CCN(S(=O)(=O)C(F)(F)F)CC4)[nH]c3cc2Br)CC1. The molecule has 0 bridgehead atoms. The first-order valence-corrected chi connectivity index (χ1v) is 13.7. The van der Waals surface area contributed by atoms with Gasteiger partial charge in [0, 0.05) is 56.2 Å². The number of likely N-dealkylation sites (tertiary alicyclic amines) is 1. The molecular formula is C22H28BrF3N4O4S. The van der Waals surface area contributed by atoms with Crippen LogP contribution in [0.1, 0.15) is 37.2 Å². The van der Waals surface area contributed by atoms with Gasteiger partial charge in [-0.3, -0.25) is 4.79 Å². The third-order valence-electron chi connectivity index (χ3n) is 6.56. The van der Waals surface area contributed by atoms with Gasteiger partial charge in [-0.05, 0) is 60.8 Å². The second-order valence-corrected chi connectivity index (χ2v) is 11.9. The molecule has 0 spiro atoms. The Kier molecular flexibility index (Phi) is 7.43. The van der Waals surface area contributed by atoms with Gasteiger partial charge in [-0.15, -0.1) is 0 Å². The van der Waals surface area contributed by atoms with Gasteiger partial charge in [0.15, 0.2) is 0 Å². The van der Waals surface area contributed by atoms with Gasteiger partial charge in [0.05, 0.1) is 4.47 Å². The predicted molar refractivity (Wildman–Crippen MR) is 129 cm³/mol. The molecule has 1 aromatic carbocycles. The molecule has 2 saturated heterocycles. The minimum absolute atomic E-state index is 0.100. The van der Waals surface area contributed by atoms with Crippen LogP contribution in [-0.2, 0) is 10.0 Å². The maximum atomic E-state index is 13.0. The van der Waals surface area contributed by atoms with Gasteiger partial charge in [0.25, 0.3) is 5.91 Å². The number of hydrogen-bond donors (Lipinski definition) is 1. The van der Waals surface area contributed by atoms with Crippen LogP contribution in [0.4, 0.5) is 13.2 Å². The van der Waals surface area contributed by atoms with E-state index in [2.05, 4.69) is 39.7 Å². The van der Waals surface area contributed by atoms with Gasteiger partial charge in [0.1, 0.15) is 17.5 Å². The summed E-state index contributed by atoms with van der Waals surface area (Å²) in [5.41, 5.74) is -4.36. The third kappa shape index (κ3) is 5.47. The van der Waals surface area contributed by atoms with E-state index in [9.17, 15) is 26.4 Å². The molecule has 0 radical (unpaired) electrons. The highest BCUT2D eigenvalue weighted by Crippen LogP contribution is 2.33. The van der Waals surface area contributed by atoms with Crippen molar-refractivity contribution < 1.29 is 31.1 Å². The summed E-state index contributed by atoms with van der Waals surface area (Å²) in [6.45, 7) is 5.24. The van der Waals surface area contributed by atoms with Gasteiger partial charge < -0.3 is 19.5 Å². The Labute approximate surface area is 210 Å². The zero-order valence-electron chi connectivity index (χ0n) is 19.4. The van der Waals surface area contributed by atoms with E-state index in [-0.39, 0.29) is 24.9 Å². The minimum Gasteiger partial charge on any atom is -0.489 e. The number of carbonyl (C=O) groups is 1. The van der Waals surface area contributed by atoms with Gasteiger partial charge >= 0.3 is 15.5 Å². The number of nitrogens with zero attached hydrogens (tertiary/aromatic N) is 3. The number of benzene rings is 1. The zero-order chi connectivity index (χ0) is 25.5. The third-order valence-corrected chi connectivity index (χ3v) is 8.81. The number of H-pyrrole nitrogens is 1. The number of ether oxygens (including phenoxy) is 1. The molecule has 0 aliphatic carbocycles. The lowest BCUT2D eigenvalue weighted by Gasteiger charge is -2.34. The maximum Gasteiger partial charge on any atom is 0.511 e. The predicted octanol–water partition coefficient (Wildman–Crippen LogP) is 3.79. The molecule has 0 unspecified atom stereocenters. The molecule has 13 heteroatoms. The lowest BCUT2D eigenvalue weighted by atomic mass is 10.1. The first-order chi connectivity index (χ1) is 16.4. The van der Waals surface area contributed by atoms with E-state index in [4.69, 9.17) is 4.74 Å². The number of fused-ring (bicyclic) bond motifs is 1. The molecule has 2 aromatic rings. The summed E-state index contributed by atoms with van der Waals surface area (Å²) in [6.07, 6.45) is 1.95. The van der Waals surface area contributed by atoms with E-state index < -0.39 is 34.5 Å². The molecule has 2 fully saturated rings. The van der Waals surface area contributed by atoms with Crippen molar-refractivity contribution in [1.82, 2.24) is 19.1 Å². The van der Waals surface area contributed by atoms with Crippen molar-refractivity contribution in [2.75, 3.05) is 39.3 Å². The van der Waals surface area contributed by atoms with E-state index in [1.807, 2.05) is 12.1 Å². The summed E-state index contributed by atoms with van der Waals surface area (Å²) in [5, 5.41) is 0.768. The molecular weight excluding hydrogens is 553 g/mol. The largest absolute Gasteiger partial charge is 0.511 e. The Morgan fingerprint density at radius 1 is 1.09 bits per heavy atom. The van der Waals surface area contributed by atoms with Crippen LogP contribution in [0.5, 0.6) is 5.75 Å². The Morgan fingerprint density at radius 3 is 2.29 bits per heavy atom. The first kappa shape index (κ1) is 26.2. The average molecular weight is 581 g/mol. The van der Waals surface area contributed by atoms with Crippen LogP contribution in [-0.4, -0.2) is 90.3 Å². The molecule has 1 N–H and O–H groups in total. The number of carbonyl (C=O) groups excluding carboxylic acids is 1.